The normalized spacial score (nSPS) is 13.1. The fourth-order valence-corrected chi connectivity index (χ4v) is 1.84. The SMILES string of the molecule is CSCCC(C)NCc1cnn(C)c1. The van der Waals surface area contributed by atoms with Gasteiger partial charge in [0.25, 0.3) is 0 Å². The minimum absolute atomic E-state index is 0.586. The number of hydrogen-bond acceptors (Lipinski definition) is 3. The van der Waals surface area contributed by atoms with Gasteiger partial charge in [0.05, 0.1) is 6.20 Å². The fraction of sp³-hybridized carbons (Fsp3) is 0.700. The van der Waals surface area contributed by atoms with E-state index in [1.54, 1.807) is 0 Å². The summed E-state index contributed by atoms with van der Waals surface area (Å²) < 4.78 is 1.84. The molecule has 1 unspecified atom stereocenters. The van der Waals surface area contributed by atoms with Crippen LogP contribution in [0, 0.1) is 0 Å². The molecule has 0 aromatic carbocycles. The Morgan fingerprint density at radius 3 is 3.00 bits per heavy atom. The molecular formula is C10H19N3S. The average molecular weight is 213 g/mol. The minimum Gasteiger partial charge on any atom is -0.310 e. The molecule has 0 aliphatic rings. The Hall–Kier alpha value is -0.480. The van der Waals surface area contributed by atoms with E-state index in [0.717, 1.165) is 6.54 Å². The molecule has 0 fully saturated rings. The molecule has 0 aliphatic carbocycles. The highest BCUT2D eigenvalue weighted by atomic mass is 32.2. The number of thioether (sulfide) groups is 1. The molecule has 3 nitrogen and oxygen atoms in total. The maximum atomic E-state index is 4.13. The zero-order valence-electron chi connectivity index (χ0n) is 9.16. The smallest absolute Gasteiger partial charge is 0.0534 e. The number of rotatable bonds is 6. The maximum Gasteiger partial charge on any atom is 0.0534 e. The van der Waals surface area contributed by atoms with Crippen LogP contribution in [0.15, 0.2) is 12.4 Å². The lowest BCUT2D eigenvalue weighted by atomic mass is 10.2. The molecule has 0 amide bonds. The van der Waals surface area contributed by atoms with Crippen molar-refractivity contribution in [3.05, 3.63) is 18.0 Å². The van der Waals surface area contributed by atoms with Crippen molar-refractivity contribution in [3.63, 3.8) is 0 Å². The molecule has 0 saturated heterocycles. The zero-order chi connectivity index (χ0) is 10.4. The first-order valence-electron chi connectivity index (χ1n) is 4.92. The van der Waals surface area contributed by atoms with Gasteiger partial charge in [-0.1, -0.05) is 0 Å². The van der Waals surface area contributed by atoms with Gasteiger partial charge in [-0.3, -0.25) is 4.68 Å². The third-order valence-corrected chi connectivity index (χ3v) is 2.81. The van der Waals surface area contributed by atoms with Crippen LogP contribution in [-0.4, -0.2) is 27.8 Å². The molecular weight excluding hydrogens is 194 g/mol. The van der Waals surface area contributed by atoms with Gasteiger partial charge in [-0.15, -0.1) is 0 Å². The third-order valence-electron chi connectivity index (χ3n) is 2.17. The summed E-state index contributed by atoms with van der Waals surface area (Å²) in [4.78, 5) is 0. The van der Waals surface area contributed by atoms with Gasteiger partial charge in [-0.05, 0) is 25.4 Å². The molecule has 1 N–H and O–H groups in total. The summed E-state index contributed by atoms with van der Waals surface area (Å²) in [5.74, 6) is 1.22. The number of hydrogen-bond donors (Lipinski definition) is 1. The molecule has 4 heteroatoms. The van der Waals surface area contributed by atoms with Crippen molar-refractivity contribution in [2.45, 2.75) is 25.9 Å². The van der Waals surface area contributed by atoms with E-state index in [0.29, 0.717) is 6.04 Å². The van der Waals surface area contributed by atoms with Crippen molar-refractivity contribution in [1.82, 2.24) is 15.1 Å². The molecule has 0 spiro atoms. The van der Waals surface area contributed by atoms with E-state index >= 15 is 0 Å². The van der Waals surface area contributed by atoms with Gasteiger partial charge >= 0.3 is 0 Å². The van der Waals surface area contributed by atoms with Crippen LogP contribution in [-0.2, 0) is 13.6 Å². The Labute approximate surface area is 90.3 Å². The first kappa shape index (κ1) is 11.6. The summed E-state index contributed by atoms with van der Waals surface area (Å²) in [7, 11) is 1.95. The van der Waals surface area contributed by atoms with Crippen molar-refractivity contribution in [2.24, 2.45) is 7.05 Å². The molecule has 1 aromatic heterocycles. The second-order valence-electron chi connectivity index (χ2n) is 3.59. The zero-order valence-corrected chi connectivity index (χ0v) is 9.97. The number of nitrogens with zero attached hydrogens (tertiary/aromatic N) is 2. The van der Waals surface area contributed by atoms with Crippen LogP contribution in [0.1, 0.15) is 18.9 Å². The van der Waals surface area contributed by atoms with Gasteiger partial charge in [0, 0.05) is 31.4 Å². The predicted octanol–water partition coefficient (Wildman–Crippen LogP) is 1.65. The third kappa shape index (κ3) is 4.15. The molecule has 1 rings (SSSR count). The van der Waals surface area contributed by atoms with E-state index in [9.17, 15) is 0 Å². The Morgan fingerprint density at radius 1 is 1.64 bits per heavy atom. The highest BCUT2D eigenvalue weighted by Gasteiger charge is 2.01. The molecule has 1 aromatic rings. The Balaban J connectivity index is 2.20. The van der Waals surface area contributed by atoms with Crippen LogP contribution in [0.2, 0.25) is 0 Å². The summed E-state index contributed by atoms with van der Waals surface area (Å²) in [6.07, 6.45) is 7.33. The fourth-order valence-electron chi connectivity index (χ4n) is 1.25. The Morgan fingerprint density at radius 2 is 2.43 bits per heavy atom. The van der Waals surface area contributed by atoms with Gasteiger partial charge in [-0.2, -0.15) is 16.9 Å². The quantitative estimate of drug-likeness (QED) is 0.779. The van der Waals surface area contributed by atoms with Gasteiger partial charge in [0.15, 0.2) is 0 Å². The lowest BCUT2D eigenvalue weighted by Gasteiger charge is -2.11. The number of aryl methyl sites for hydroxylation is 1. The number of nitrogens with one attached hydrogen (secondary N) is 1. The lowest BCUT2D eigenvalue weighted by Crippen LogP contribution is -2.25. The van der Waals surface area contributed by atoms with Crippen LogP contribution in [0.3, 0.4) is 0 Å². The van der Waals surface area contributed by atoms with E-state index in [-0.39, 0.29) is 0 Å². The van der Waals surface area contributed by atoms with Crippen molar-refractivity contribution >= 4 is 11.8 Å². The molecule has 14 heavy (non-hydrogen) atoms. The molecule has 80 valence electrons. The Kier molecular flexibility index (Phi) is 5.04. The number of aromatic nitrogens is 2. The van der Waals surface area contributed by atoms with Crippen molar-refractivity contribution in [1.29, 1.82) is 0 Å². The van der Waals surface area contributed by atoms with E-state index in [1.807, 2.05) is 35.9 Å². The Bertz CT molecular complexity index is 260. The van der Waals surface area contributed by atoms with Crippen LogP contribution >= 0.6 is 11.8 Å². The molecule has 0 aliphatic heterocycles. The first-order chi connectivity index (χ1) is 6.72. The highest BCUT2D eigenvalue weighted by molar-refractivity contribution is 7.98. The van der Waals surface area contributed by atoms with E-state index in [1.165, 1.54) is 17.7 Å². The second-order valence-corrected chi connectivity index (χ2v) is 4.57. The summed E-state index contributed by atoms with van der Waals surface area (Å²) in [5.41, 5.74) is 1.25. The molecule has 1 atom stereocenters. The lowest BCUT2D eigenvalue weighted by molar-refractivity contribution is 0.537. The van der Waals surface area contributed by atoms with Gasteiger partial charge in [0.2, 0.25) is 0 Å². The molecule has 1 heterocycles. The standard InChI is InChI=1S/C10H19N3S/c1-9(4-5-14-3)11-6-10-7-12-13(2)8-10/h7-9,11H,4-6H2,1-3H3. The van der Waals surface area contributed by atoms with E-state index in [2.05, 4.69) is 23.6 Å². The van der Waals surface area contributed by atoms with Crippen molar-refractivity contribution in [3.8, 4) is 0 Å². The summed E-state index contributed by atoms with van der Waals surface area (Å²) >= 11 is 1.90. The predicted molar refractivity (Wildman–Crippen MR) is 62.5 cm³/mol. The highest BCUT2D eigenvalue weighted by Crippen LogP contribution is 2.01. The van der Waals surface area contributed by atoms with Gasteiger partial charge in [-0.25, -0.2) is 0 Å². The van der Waals surface area contributed by atoms with Gasteiger partial charge < -0.3 is 5.32 Å². The molecule has 0 saturated carbocycles. The first-order valence-corrected chi connectivity index (χ1v) is 6.31. The van der Waals surface area contributed by atoms with E-state index < -0.39 is 0 Å². The minimum atomic E-state index is 0.586. The van der Waals surface area contributed by atoms with Crippen LogP contribution < -0.4 is 5.32 Å². The van der Waals surface area contributed by atoms with Crippen LogP contribution in [0.25, 0.3) is 0 Å². The van der Waals surface area contributed by atoms with Crippen molar-refractivity contribution < 1.29 is 0 Å². The second kappa shape index (κ2) is 6.09. The van der Waals surface area contributed by atoms with Crippen molar-refractivity contribution in [2.75, 3.05) is 12.0 Å². The monoisotopic (exact) mass is 213 g/mol. The summed E-state index contributed by atoms with van der Waals surface area (Å²) in [6.45, 7) is 3.15. The van der Waals surface area contributed by atoms with Gasteiger partial charge in [0.1, 0.15) is 0 Å². The largest absolute Gasteiger partial charge is 0.310 e. The topological polar surface area (TPSA) is 29.9 Å². The maximum absolute atomic E-state index is 4.13. The summed E-state index contributed by atoms with van der Waals surface area (Å²) in [6, 6.07) is 0.586. The molecule has 0 bridgehead atoms. The average Bonchev–Trinajstić information content (AvgIpc) is 2.58. The molecule has 0 radical (unpaired) electrons. The van der Waals surface area contributed by atoms with Crippen LogP contribution in [0.5, 0.6) is 0 Å². The van der Waals surface area contributed by atoms with Crippen LogP contribution in [0.4, 0.5) is 0 Å². The summed E-state index contributed by atoms with van der Waals surface area (Å²) in [5, 5.41) is 7.61. The van der Waals surface area contributed by atoms with E-state index in [4.69, 9.17) is 0 Å².